The van der Waals surface area contributed by atoms with Gasteiger partial charge in [-0.05, 0) is 72.1 Å². The minimum atomic E-state index is -0.491. The maximum atomic E-state index is 11.7. The second-order valence-corrected chi connectivity index (χ2v) is 7.55. The molecule has 0 heterocycles. The summed E-state index contributed by atoms with van der Waals surface area (Å²) < 4.78 is 6.45. The number of hydrogen-bond acceptors (Lipinski definition) is 5. The molecule has 0 bridgehead atoms. The van der Waals surface area contributed by atoms with Crippen molar-refractivity contribution in [1.29, 1.82) is 0 Å². The number of carbonyl (C=O) groups is 1. The molecule has 25 heavy (non-hydrogen) atoms. The van der Waals surface area contributed by atoms with Gasteiger partial charge in [0.2, 0.25) is 0 Å². The Morgan fingerprint density at radius 1 is 1.20 bits per heavy atom. The van der Waals surface area contributed by atoms with Crippen LogP contribution in [0.15, 0.2) is 42.8 Å². The molecule has 1 amide bonds. The Balaban J connectivity index is 1.95. The predicted octanol–water partition coefficient (Wildman–Crippen LogP) is 4.57. The summed E-state index contributed by atoms with van der Waals surface area (Å²) in [5, 5.41) is 23.8. The van der Waals surface area contributed by atoms with E-state index >= 15 is 0 Å². The van der Waals surface area contributed by atoms with Gasteiger partial charge < -0.3 is 14.9 Å². The third kappa shape index (κ3) is 5.34. The number of phenols is 2. The zero-order valence-electron chi connectivity index (χ0n) is 12.3. The number of amides is 1. The Morgan fingerprint density at radius 2 is 1.92 bits per heavy atom. The topological polar surface area (TPSA) is 91.2 Å². The molecule has 3 N–H and O–H groups in total. The van der Waals surface area contributed by atoms with Crippen molar-refractivity contribution in [3.8, 4) is 17.2 Å². The van der Waals surface area contributed by atoms with Gasteiger partial charge >= 0.3 is 0 Å². The fourth-order valence-corrected chi connectivity index (χ4v) is 3.61. The number of benzene rings is 2. The minimum absolute atomic E-state index is 0.116. The van der Waals surface area contributed by atoms with Crippen LogP contribution in [0.1, 0.15) is 5.56 Å². The standard InChI is InChI=1S/C15H10Br3ClN2O4/c16-9-4-8(19)1-2-11(9)25-6-12(22)21-20-5-7-3-10(17)15(24)13(18)14(7)23/h1-5,23-24H,6H2,(H,21,22)/b20-5+. The third-order valence-electron chi connectivity index (χ3n) is 2.84. The van der Waals surface area contributed by atoms with E-state index in [0.29, 0.717) is 25.3 Å². The smallest absolute Gasteiger partial charge is 0.277 e. The van der Waals surface area contributed by atoms with Crippen molar-refractivity contribution in [2.75, 3.05) is 6.61 Å². The van der Waals surface area contributed by atoms with Crippen molar-refractivity contribution in [2.45, 2.75) is 0 Å². The maximum Gasteiger partial charge on any atom is 0.277 e. The summed E-state index contributed by atoms with van der Waals surface area (Å²) in [4.78, 5) is 11.7. The number of rotatable bonds is 5. The second kappa shape index (κ2) is 8.88. The number of nitrogens with zero attached hydrogens (tertiary/aromatic N) is 1. The van der Waals surface area contributed by atoms with E-state index in [-0.39, 0.29) is 22.6 Å². The second-order valence-electron chi connectivity index (χ2n) is 4.62. The first-order valence-corrected chi connectivity index (χ1v) is 9.35. The molecule has 10 heteroatoms. The van der Waals surface area contributed by atoms with Crippen LogP contribution in [-0.4, -0.2) is 28.9 Å². The number of carbonyl (C=O) groups excluding carboxylic acids is 1. The Morgan fingerprint density at radius 3 is 2.60 bits per heavy atom. The maximum absolute atomic E-state index is 11.7. The fraction of sp³-hybridized carbons (Fsp3) is 0.0667. The predicted molar refractivity (Wildman–Crippen MR) is 106 cm³/mol. The highest BCUT2D eigenvalue weighted by atomic mass is 79.9. The number of nitrogens with one attached hydrogen (secondary N) is 1. The molecule has 0 fully saturated rings. The molecule has 2 aromatic rings. The number of aromatic hydroxyl groups is 2. The normalized spacial score (nSPS) is 10.9. The summed E-state index contributed by atoms with van der Waals surface area (Å²) in [6, 6.07) is 6.37. The largest absolute Gasteiger partial charge is 0.506 e. The van der Waals surface area contributed by atoms with Crippen molar-refractivity contribution < 1.29 is 19.7 Å². The lowest BCUT2D eigenvalue weighted by Crippen LogP contribution is -2.24. The first-order valence-electron chi connectivity index (χ1n) is 6.59. The van der Waals surface area contributed by atoms with Crippen LogP contribution in [-0.2, 0) is 4.79 Å². The molecule has 2 rings (SSSR count). The number of halogens is 4. The van der Waals surface area contributed by atoms with E-state index in [0.717, 1.165) is 0 Å². The zero-order valence-corrected chi connectivity index (χ0v) is 17.8. The van der Waals surface area contributed by atoms with E-state index in [1.807, 2.05) is 0 Å². The Kier molecular flexibility index (Phi) is 7.12. The molecule has 2 aromatic carbocycles. The van der Waals surface area contributed by atoms with Gasteiger partial charge in [-0.2, -0.15) is 5.10 Å². The van der Waals surface area contributed by atoms with Crippen molar-refractivity contribution in [3.63, 3.8) is 0 Å². The van der Waals surface area contributed by atoms with Gasteiger partial charge in [0.05, 0.1) is 15.2 Å². The van der Waals surface area contributed by atoms with Crippen molar-refractivity contribution in [2.24, 2.45) is 5.10 Å². The van der Waals surface area contributed by atoms with Crippen molar-refractivity contribution >= 4 is 71.5 Å². The number of ether oxygens (including phenoxy) is 1. The third-order valence-corrected chi connectivity index (χ3v) is 5.05. The van der Waals surface area contributed by atoms with E-state index in [1.54, 1.807) is 18.2 Å². The highest BCUT2D eigenvalue weighted by molar-refractivity contribution is 9.11. The molecule has 0 aliphatic rings. The van der Waals surface area contributed by atoms with E-state index in [1.165, 1.54) is 12.3 Å². The van der Waals surface area contributed by atoms with Gasteiger partial charge in [-0.3, -0.25) is 4.79 Å². The quantitative estimate of drug-likeness (QED) is 0.371. The van der Waals surface area contributed by atoms with Gasteiger partial charge in [0.15, 0.2) is 6.61 Å². The number of phenolic OH excluding ortho intramolecular Hbond substituents is 2. The summed E-state index contributed by atoms with van der Waals surface area (Å²) in [7, 11) is 0. The molecule has 0 saturated heterocycles. The monoisotopic (exact) mass is 554 g/mol. The first-order chi connectivity index (χ1) is 11.8. The van der Waals surface area contributed by atoms with Crippen LogP contribution < -0.4 is 10.2 Å². The molecule has 0 unspecified atom stereocenters. The molecule has 0 spiro atoms. The summed E-state index contributed by atoms with van der Waals surface area (Å²) in [6.07, 6.45) is 1.24. The van der Waals surface area contributed by atoms with E-state index < -0.39 is 5.91 Å². The van der Waals surface area contributed by atoms with Crippen LogP contribution >= 0.6 is 59.4 Å². The molecule has 6 nitrogen and oxygen atoms in total. The molecular formula is C15H10Br3ClN2O4. The van der Waals surface area contributed by atoms with Gasteiger partial charge in [0.25, 0.3) is 5.91 Å². The summed E-state index contributed by atoms with van der Waals surface area (Å²) in [5.74, 6) is -0.372. The van der Waals surface area contributed by atoms with Gasteiger partial charge in [0, 0.05) is 10.6 Å². The molecular weight excluding hydrogens is 547 g/mol. The minimum Gasteiger partial charge on any atom is -0.506 e. The van der Waals surface area contributed by atoms with E-state index in [2.05, 4.69) is 58.3 Å². The molecule has 0 saturated carbocycles. The fourth-order valence-electron chi connectivity index (χ4n) is 1.66. The number of hydrogen-bond donors (Lipinski definition) is 3. The van der Waals surface area contributed by atoms with Crippen LogP contribution in [0.4, 0.5) is 0 Å². The lowest BCUT2D eigenvalue weighted by Gasteiger charge is -2.08. The first kappa shape index (κ1) is 20.0. The van der Waals surface area contributed by atoms with Gasteiger partial charge in [0.1, 0.15) is 21.7 Å². The average molecular weight is 557 g/mol. The summed E-state index contributed by atoms with van der Waals surface area (Å²) in [5.41, 5.74) is 2.56. The average Bonchev–Trinajstić information content (AvgIpc) is 2.56. The van der Waals surface area contributed by atoms with Gasteiger partial charge in [-0.1, -0.05) is 11.6 Å². The molecule has 0 aliphatic carbocycles. The lowest BCUT2D eigenvalue weighted by molar-refractivity contribution is -0.123. The van der Waals surface area contributed by atoms with E-state index in [9.17, 15) is 15.0 Å². The van der Waals surface area contributed by atoms with Crippen molar-refractivity contribution in [1.82, 2.24) is 5.43 Å². The highest BCUT2D eigenvalue weighted by Gasteiger charge is 2.13. The van der Waals surface area contributed by atoms with Crippen molar-refractivity contribution in [3.05, 3.63) is 48.3 Å². The summed E-state index contributed by atoms with van der Waals surface area (Å²) in [6.45, 7) is -0.257. The summed E-state index contributed by atoms with van der Waals surface area (Å²) >= 11 is 15.3. The highest BCUT2D eigenvalue weighted by Crippen LogP contribution is 2.40. The zero-order chi connectivity index (χ0) is 18.6. The van der Waals surface area contributed by atoms with Gasteiger partial charge in [-0.15, -0.1) is 0 Å². The molecule has 0 aromatic heterocycles. The number of hydrazone groups is 1. The van der Waals surface area contributed by atoms with Gasteiger partial charge in [-0.25, -0.2) is 5.43 Å². The Labute approximate surface area is 173 Å². The lowest BCUT2D eigenvalue weighted by atomic mass is 10.2. The van der Waals surface area contributed by atoms with Crippen LogP contribution in [0.25, 0.3) is 0 Å². The Hall–Kier alpha value is -1.29. The molecule has 132 valence electrons. The Bertz CT molecular complexity index is 846. The van der Waals surface area contributed by atoms with Crippen LogP contribution in [0, 0.1) is 0 Å². The van der Waals surface area contributed by atoms with E-state index in [4.69, 9.17) is 16.3 Å². The SMILES string of the molecule is O=C(COc1ccc(Cl)cc1Br)N/N=C/c1cc(Br)c(O)c(Br)c1O. The molecule has 0 aliphatic heterocycles. The van der Waals surface area contributed by atoms with Crippen LogP contribution in [0.3, 0.4) is 0 Å². The van der Waals surface area contributed by atoms with Crippen LogP contribution in [0.5, 0.6) is 17.2 Å². The molecule has 0 radical (unpaired) electrons. The molecule has 0 atom stereocenters. The van der Waals surface area contributed by atoms with Crippen LogP contribution in [0.2, 0.25) is 5.02 Å².